The molecule has 1 aliphatic heterocycles. The molecule has 1 fully saturated rings. The van der Waals surface area contributed by atoms with E-state index >= 15 is 0 Å². The molecule has 2 rings (SSSR count). The van der Waals surface area contributed by atoms with Gasteiger partial charge in [-0.15, -0.1) is 0 Å². The molecule has 1 aromatic heterocycles. The number of hydrogen-bond acceptors (Lipinski definition) is 5. The second kappa shape index (κ2) is 6.98. The van der Waals surface area contributed by atoms with Crippen LogP contribution >= 0.6 is 12.2 Å². The molecule has 23 heavy (non-hydrogen) atoms. The van der Waals surface area contributed by atoms with E-state index in [4.69, 9.17) is 16.7 Å². The van der Waals surface area contributed by atoms with Crippen molar-refractivity contribution in [3.05, 3.63) is 23.6 Å². The average molecular weight is 358 g/mol. The van der Waals surface area contributed by atoms with Gasteiger partial charge in [0.25, 0.3) is 0 Å². The second-order valence-corrected chi connectivity index (χ2v) is 7.92. The Bertz CT molecular complexity index is 684. The number of nitrogens with one attached hydrogen (secondary N) is 1. The maximum atomic E-state index is 12.7. The molecule has 0 radical (unpaired) electrons. The van der Waals surface area contributed by atoms with Crippen LogP contribution in [0.15, 0.2) is 21.6 Å². The van der Waals surface area contributed by atoms with Gasteiger partial charge in [-0.25, -0.2) is 8.42 Å². The summed E-state index contributed by atoms with van der Waals surface area (Å²) in [7, 11) is -3.58. The van der Waals surface area contributed by atoms with Gasteiger partial charge >= 0.3 is 0 Å². The first-order valence-corrected chi connectivity index (χ1v) is 9.18. The molecule has 0 atom stereocenters. The lowest BCUT2D eigenvalue weighted by Gasteiger charge is -2.35. The zero-order chi connectivity index (χ0) is 17.2. The molecule has 0 saturated carbocycles. The highest BCUT2D eigenvalue weighted by molar-refractivity contribution is 7.89. The summed E-state index contributed by atoms with van der Waals surface area (Å²) in [6.07, 6.45) is 0. The van der Waals surface area contributed by atoms with E-state index in [0.717, 1.165) is 5.57 Å². The lowest BCUT2D eigenvalue weighted by Crippen LogP contribution is -2.53. The Morgan fingerprint density at radius 2 is 1.96 bits per heavy atom. The van der Waals surface area contributed by atoms with Gasteiger partial charge in [0.2, 0.25) is 10.0 Å². The molecule has 0 amide bonds. The van der Waals surface area contributed by atoms with Crippen molar-refractivity contribution < 1.29 is 12.9 Å². The summed E-state index contributed by atoms with van der Waals surface area (Å²) in [5.74, 6) is 0.323. The van der Waals surface area contributed by atoms with Crippen molar-refractivity contribution in [2.75, 3.05) is 32.7 Å². The molecule has 1 aromatic rings. The number of rotatable bonds is 4. The molecule has 9 heteroatoms. The Morgan fingerprint density at radius 3 is 2.43 bits per heavy atom. The Morgan fingerprint density at radius 1 is 1.35 bits per heavy atom. The van der Waals surface area contributed by atoms with E-state index in [1.165, 1.54) is 4.31 Å². The van der Waals surface area contributed by atoms with Crippen LogP contribution in [0, 0.1) is 13.8 Å². The van der Waals surface area contributed by atoms with E-state index < -0.39 is 10.0 Å². The van der Waals surface area contributed by atoms with E-state index in [1.54, 1.807) is 13.8 Å². The second-order valence-electron chi connectivity index (χ2n) is 5.66. The number of piperazine rings is 1. The van der Waals surface area contributed by atoms with Crippen molar-refractivity contribution in [3.63, 3.8) is 0 Å². The standard InChI is InChI=1S/C14H22N4O3S2/c1-10(2)9-15-14(22)17-5-7-18(8-6-17)23(19,20)13-11(3)16-21-12(13)4/h1,5-9H2,2-4H3,(H,15,22). The normalized spacial score (nSPS) is 16.4. The maximum absolute atomic E-state index is 12.7. The summed E-state index contributed by atoms with van der Waals surface area (Å²) in [5.41, 5.74) is 1.38. The van der Waals surface area contributed by atoms with Gasteiger partial charge in [-0.1, -0.05) is 17.3 Å². The summed E-state index contributed by atoms with van der Waals surface area (Å²) >= 11 is 5.33. The van der Waals surface area contributed by atoms with E-state index in [0.29, 0.717) is 49.3 Å². The van der Waals surface area contributed by atoms with Crippen molar-refractivity contribution in [2.24, 2.45) is 0 Å². The molecule has 0 aromatic carbocycles. The van der Waals surface area contributed by atoms with E-state index in [-0.39, 0.29) is 4.90 Å². The quantitative estimate of drug-likeness (QED) is 0.636. The largest absolute Gasteiger partial charge is 0.360 e. The zero-order valence-corrected chi connectivity index (χ0v) is 15.3. The fraction of sp³-hybridized carbons (Fsp3) is 0.571. The Labute approximate surface area is 142 Å². The number of nitrogens with zero attached hydrogens (tertiary/aromatic N) is 3. The summed E-state index contributed by atoms with van der Waals surface area (Å²) in [6.45, 7) is 11.5. The van der Waals surface area contributed by atoms with Gasteiger partial charge in [0.1, 0.15) is 10.6 Å². The van der Waals surface area contributed by atoms with Gasteiger partial charge in [0.05, 0.1) is 0 Å². The van der Waals surface area contributed by atoms with E-state index in [2.05, 4.69) is 17.1 Å². The molecule has 1 aliphatic rings. The van der Waals surface area contributed by atoms with Crippen LogP contribution in [0.5, 0.6) is 0 Å². The first-order chi connectivity index (χ1) is 10.7. The highest BCUT2D eigenvalue weighted by atomic mass is 32.2. The lowest BCUT2D eigenvalue weighted by atomic mass is 10.3. The molecular formula is C14H22N4O3S2. The van der Waals surface area contributed by atoms with Crippen LogP contribution < -0.4 is 5.32 Å². The molecule has 128 valence electrons. The molecule has 0 spiro atoms. The topological polar surface area (TPSA) is 78.7 Å². The third-order valence-corrected chi connectivity index (χ3v) is 6.18. The van der Waals surface area contributed by atoms with Crippen LogP contribution in [0.25, 0.3) is 0 Å². The highest BCUT2D eigenvalue weighted by Gasteiger charge is 2.33. The zero-order valence-electron chi connectivity index (χ0n) is 13.6. The van der Waals surface area contributed by atoms with Gasteiger partial charge < -0.3 is 14.7 Å². The molecule has 1 N–H and O–H groups in total. The molecule has 7 nitrogen and oxygen atoms in total. The third kappa shape index (κ3) is 3.91. The number of thiocarbonyl (C=S) groups is 1. The molecule has 0 unspecified atom stereocenters. The van der Waals surface area contributed by atoms with Gasteiger partial charge in [-0.2, -0.15) is 4.31 Å². The molecule has 1 saturated heterocycles. The van der Waals surface area contributed by atoms with Crippen molar-refractivity contribution in [2.45, 2.75) is 25.7 Å². The van der Waals surface area contributed by atoms with Crippen molar-refractivity contribution >= 4 is 27.4 Å². The van der Waals surface area contributed by atoms with Gasteiger partial charge in [-0.05, 0) is 33.0 Å². The first kappa shape index (κ1) is 17.9. The Hall–Kier alpha value is -1.45. The summed E-state index contributed by atoms with van der Waals surface area (Å²) < 4.78 is 31.9. The predicted octanol–water partition coefficient (Wildman–Crippen LogP) is 1.05. The molecule has 0 aliphatic carbocycles. The van der Waals surface area contributed by atoms with Gasteiger partial charge in [0, 0.05) is 32.7 Å². The van der Waals surface area contributed by atoms with Crippen molar-refractivity contribution in [3.8, 4) is 0 Å². The van der Waals surface area contributed by atoms with E-state index in [9.17, 15) is 8.42 Å². The first-order valence-electron chi connectivity index (χ1n) is 7.33. The SMILES string of the molecule is C=C(C)CNC(=S)N1CCN(S(=O)(=O)c2c(C)noc2C)CC1. The van der Waals surface area contributed by atoms with Gasteiger partial charge in [0.15, 0.2) is 10.9 Å². The third-order valence-electron chi connectivity index (χ3n) is 3.63. The predicted molar refractivity (Wildman–Crippen MR) is 91.7 cm³/mol. The minimum atomic E-state index is -3.58. The minimum Gasteiger partial charge on any atom is -0.360 e. The smallest absolute Gasteiger partial charge is 0.248 e. The number of sulfonamides is 1. The van der Waals surface area contributed by atoms with Crippen LogP contribution in [0.4, 0.5) is 0 Å². The monoisotopic (exact) mass is 358 g/mol. The number of aryl methyl sites for hydroxylation is 2. The van der Waals surface area contributed by atoms with Crippen LogP contribution in [0.1, 0.15) is 18.4 Å². The average Bonchev–Trinajstić information content (AvgIpc) is 2.84. The minimum absolute atomic E-state index is 0.175. The van der Waals surface area contributed by atoms with Crippen molar-refractivity contribution in [1.82, 2.24) is 19.7 Å². The number of hydrogen-bond donors (Lipinski definition) is 1. The fourth-order valence-electron chi connectivity index (χ4n) is 2.44. The van der Waals surface area contributed by atoms with Crippen LogP contribution in [0.2, 0.25) is 0 Å². The lowest BCUT2D eigenvalue weighted by molar-refractivity contribution is 0.264. The highest BCUT2D eigenvalue weighted by Crippen LogP contribution is 2.24. The van der Waals surface area contributed by atoms with Crippen LogP contribution in [0.3, 0.4) is 0 Å². The van der Waals surface area contributed by atoms with Crippen LogP contribution in [-0.2, 0) is 10.0 Å². The molecule has 0 bridgehead atoms. The van der Waals surface area contributed by atoms with Gasteiger partial charge in [-0.3, -0.25) is 0 Å². The molecule has 2 heterocycles. The Kier molecular flexibility index (Phi) is 5.43. The summed E-state index contributed by atoms with van der Waals surface area (Å²) in [6, 6.07) is 0. The maximum Gasteiger partial charge on any atom is 0.248 e. The summed E-state index contributed by atoms with van der Waals surface area (Å²) in [4.78, 5) is 2.14. The fourth-order valence-corrected chi connectivity index (χ4v) is 4.41. The summed E-state index contributed by atoms with van der Waals surface area (Å²) in [5, 5.41) is 7.47. The molecular weight excluding hydrogens is 336 g/mol. The number of aromatic nitrogens is 1. The van der Waals surface area contributed by atoms with E-state index in [1.807, 2.05) is 11.8 Å². The van der Waals surface area contributed by atoms with Crippen LogP contribution in [-0.4, -0.2) is 60.6 Å². The van der Waals surface area contributed by atoms with Crippen molar-refractivity contribution in [1.29, 1.82) is 0 Å². The Balaban J connectivity index is 2.01.